The quantitative estimate of drug-likeness (QED) is 0.699. The predicted molar refractivity (Wildman–Crippen MR) is 88.6 cm³/mol. The van der Waals surface area contributed by atoms with E-state index in [4.69, 9.17) is 4.43 Å². The van der Waals surface area contributed by atoms with E-state index in [0.717, 1.165) is 12.8 Å². The summed E-state index contributed by atoms with van der Waals surface area (Å²) in [5, 5.41) is 0.223. The van der Waals surface area contributed by atoms with Gasteiger partial charge in [0.2, 0.25) is 0 Å². The van der Waals surface area contributed by atoms with Crippen LogP contribution in [0.2, 0.25) is 18.1 Å². The minimum Gasteiger partial charge on any atom is -0.413 e. The lowest BCUT2D eigenvalue weighted by Crippen LogP contribution is -2.53. The number of hydrogen-bond donors (Lipinski definition) is 0. The molecule has 3 heteroatoms. The standard InChI is InChI=1S/C18H30O2Si/c1-16(2,3)21(6,7)20-15-11-12-10-13-14(19)8-9-17(12,4)18(13,15)5/h8-9,12-13,15H,10-11H2,1-7H3/t12-,13-,15-,17-,18+/m1/s1. The molecule has 2 saturated carbocycles. The number of allylic oxidation sites excluding steroid dienone is 2. The summed E-state index contributed by atoms with van der Waals surface area (Å²) in [4.78, 5) is 12.4. The lowest BCUT2D eigenvalue weighted by Gasteiger charge is -2.49. The van der Waals surface area contributed by atoms with E-state index in [-0.39, 0.29) is 27.9 Å². The second-order valence-corrected chi connectivity index (χ2v) is 14.1. The number of carbonyl (C=O) groups excluding carboxylic acids is 1. The van der Waals surface area contributed by atoms with Crippen molar-refractivity contribution in [2.45, 2.75) is 71.7 Å². The highest BCUT2D eigenvalue weighted by Crippen LogP contribution is 2.71. The van der Waals surface area contributed by atoms with Gasteiger partial charge >= 0.3 is 0 Å². The van der Waals surface area contributed by atoms with Crippen LogP contribution in [0.25, 0.3) is 0 Å². The summed E-state index contributed by atoms with van der Waals surface area (Å²) < 4.78 is 6.80. The summed E-state index contributed by atoms with van der Waals surface area (Å²) in [7, 11) is -1.79. The first-order valence-electron chi connectivity index (χ1n) is 8.34. The van der Waals surface area contributed by atoms with Crippen molar-refractivity contribution in [3.8, 4) is 0 Å². The van der Waals surface area contributed by atoms with E-state index in [9.17, 15) is 4.79 Å². The third-order valence-electron chi connectivity index (χ3n) is 7.60. The molecule has 0 unspecified atom stereocenters. The summed E-state index contributed by atoms with van der Waals surface area (Å²) in [6, 6.07) is 0. The molecule has 0 amide bonds. The second-order valence-electron chi connectivity index (χ2n) is 9.39. The monoisotopic (exact) mass is 306 g/mol. The van der Waals surface area contributed by atoms with Gasteiger partial charge in [-0.05, 0) is 48.4 Å². The zero-order valence-electron chi connectivity index (χ0n) is 14.6. The number of hydrogen-bond acceptors (Lipinski definition) is 2. The Balaban J connectivity index is 1.95. The fourth-order valence-electron chi connectivity index (χ4n) is 4.81. The third kappa shape index (κ3) is 1.76. The molecule has 3 aliphatic rings. The summed E-state index contributed by atoms with van der Waals surface area (Å²) >= 11 is 0. The molecule has 2 fully saturated rings. The van der Waals surface area contributed by atoms with Crippen molar-refractivity contribution in [2.24, 2.45) is 22.7 Å². The SMILES string of the molecule is CC(C)(C)[Si](C)(C)O[C@@H]1C[C@H]2C[C@@H]3C(=O)C=C[C@@]2(C)[C@@]31C. The van der Waals surface area contributed by atoms with Gasteiger partial charge < -0.3 is 4.43 Å². The molecule has 3 aliphatic carbocycles. The molecule has 0 N–H and O–H groups in total. The Labute approximate surface area is 130 Å². The molecule has 0 radical (unpaired) electrons. The predicted octanol–water partition coefficient (Wildman–Crippen LogP) is 4.57. The molecule has 0 aromatic carbocycles. The van der Waals surface area contributed by atoms with Gasteiger partial charge in [0, 0.05) is 11.3 Å². The third-order valence-corrected chi connectivity index (χ3v) is 12.1. The molecular formula is C18H30O2Si. The molecule has 118 valence electrons. The van der Waals surface area contributed by atoms with Gasteiger partial charge in [-0.1, -0.05) is 40.7 Å². The summed E-state index contributed by atoms with van der Waals surface area (Å²) in [6.45, 7) is 16.2. The van der Waals surface area contributed by atoms with E-state index in [1.807, 2.05) is 6.08 Å². The molecule has 4 bridgehead atoms. The fraction of sp³-hybridized carbons (Fsp3) is 0.833. The zero-order valence-corrected chi connectivity index (χ0v) is 15.6. The Kier molecular flexibility index (Phi) is 3.03. The molecule has 0 aliphatic heterocycles. The molecule has 0 aromatic heterocycles. The Hall–Kier alpha value is -0.413. The number of rotatable bonds is 2. The van der Waals surface area contributed by atoms with Crippen molar-refractivity contribution in [3.63, 3.8) is 0 Å². The first-order valence-corrected chi connectivity index (χ1v) is 11.3. The maximum Gasteiger partial charge on any atom is 0.192 e. The molecule has 0 heterocycles. The zero-order chi connectivity index (χ0) is 15.8. The van der Waals surface area contributed by atoms with E-state index >= 15 is 0 Å². The van der Waals surface area contributed by atoms with E-state index < -0.39 is 8.32 Å². The summed E-state index contributed by atoms with van der Waals surface area (Å²) in [5.41, 5.74) is 0.150. The van der Waals surface area contributed by atoms with Crippen LogP contribution in [0.3, 0.4) is 0 Å². The van der Waals surface area contributed by atoms with Gasteiger partial charge in [-0.15, -0.1) is 0 Å². The van der Waals surface area contributed by atoms with E-state index in [1.54, 1.807) is 0 Å². The highest BCUT2D eigenvalue weighted by Gasteiger charge is 2.71. The normalized spacial score (nSPS) is 45.5. The van der Waals surface area contributed by atoms with Gasteiger partial charge in [0.15, 0.2) is 14.1 Å². The van der Waals surface area contributed by atoms with Crippen LogP contribution in [0, 0.1) is 22.7 Å². The first-order chi connectivity index (χ1) is 9.43. The maximum absolute atomic E-state index is 12.4. The highest BCUT2D eigenvalue weighted by molar-refractivity contribution is 6.74. The molecule has 0 spiro atoms. The highest BCUT2D eigenvalue weighted by atomic mass is 28.4. The van der Waals surface area contributed by atoms with Gasteiger partial charge in [0.25, 0.3) is 0 Å². The minimum absolute atomic E-state index is 0.000972. The maximum atomic E-state index is 12.4. The second kappa shape index (κ2) is 4.11. The number of carbonyl (C=O) groups is 1. The first kappa shape index (κ1) is 15.5. The van der Waals surface area contributed by atoms with E-state index in [1.165, 1.54) is 0 Å². The Morgan fingerprint density at radius 1 is 1.24 bits per heavy atom. The van der Waals surface area contributed by atoms with Crippen LogP contribution in [-0.4, -0.2) is 20.2 Å². The van der Waals surface area contributed by atoms with Gasteiger partial charge in [-0.25, -0.2) is 0 Å². The van der Waals surface area contributed by atoms with E-state index in [0.29, 0.717) is 11.7 Å². The van der Waals surface area contributed by atoms with Gasteiger partial charge in [-0.3, -0.25) is 4.79 Å². The van der Waals surface area contributed by atoms with Crippen molar-refractivity contribution in [1.29, 1.82) is 0 Å². The average Bonchev–Trinajstić information content (AvgIpc) is 2.60. The lowest BCUT2D eigenvalue weighted by atomic mass is 9.61. The van der Waals surface area contributed by atoms with Crippen LogP contribution in [-0.2, 0) is 9.22 Å². The van der Waals surface area contributed by atoms with E-state index in [2.05, 4.69) is 53.8 Å². The minimum atomic E-state index is -1.79. The summed E-state index contributed by atoms with van der Waals surface area (Å²) in [5.74, 6) is 1.13. The smallest absolute Gasteiger partial charge is 0.192 e. The average molecular weight is 307 g/mol. The fourth-order valence-corrected chi connectivity index (χ4v) is 6.21. The molecular weight excluding hydrogens is 276 g/mol. The summed E-state index contributed by atoms with van der Waals surface area (Å²) in [6.07, 6.45) is 6.50. The van der Waals surface area contributed by atoms with Crippen LogP contribution >= 0.6 is 0 Å². The molecule has 21 heavy (non-hydrogen) atoms. The molecule has 3 rings (SSSR count). The van der Waals surface area contributed by atoms with Crippen LogP contribution in [0.1, 0.15) is 47.5 Å². The molecule has 2 nitrogen and oxygen atoms in total. The largest absolute Gasteiger partial charge is 0.413 e. The molecule has 5 atom stereocenters. The van der Waals surface area contributed by atoms with Crippen molar-refractivity contribution >= 4 is 14.1 Å². The van der Waals surface area contributed by atoms with Crippen molar-refractivity contribution in [2.75, 3.05) is 0 Å². The number of ketones is 1. The Bertz CT molecular complexity index is 516. The van der Waals surface area contributed by atoms with Crippen molar-refractivity contribution < 1.29 is 9.22 Å². The Morgan fingerprint density at radius 3 is 2.43 bits per heavy atom. The van der Waals surface area contributed by atoms with Crippen molar-refractivity contribution in [1.82, 2.24) is 0 Å². The van der Waals surface area contributed by atoms with Crippen LogP contribution in [0.5, 0.6) is 0 Å². The van der Waals surface area contributed by atoms with Crippen molar-refractivity contribution in [3.05, 3.63) is 12.2 Å². The van der Waals surface area contributed by atoms with Gasteiger partial charge in [-0.2, -0.15) is 0 Å². The molecule has 0 saturated heterocycles. The molecule has 0 aromatic rings. The Morgan fingerprint density at radius 2 is 1.86 bits per heavy atom. The van der Waals surface area contributed by atoms with Gasteiger partial charge in [0.05, 0.1) is 6.10 Å². The van der Waals surface area contributed by atoms with Crippen LogP contribution in [0.15, 0.2) is 12.2 Å². The van der Waals surface area contributed by atoms with Crippen LogP contribution < -0.4 is 0 Å². The van der Waals surface area contributed by atoms with Gasteiger partial charge in [0.1, 0.15) is 0 Å². The van der Waals surface area contributed by atoms with Crippen LogP contribution in [0.4, 0.5) is 0 Å². The topological polar surface area (TPSA) is 26.3 Å². The lowest BCUT2D eigenvalue weighted by molar-refractivity contribution is -0.127.